The lowest BCUT2D eigenvalue weighted by molar-refractivity contribution is -0.208. The van der Waals surface area contributed by atoms with Crippen LogP contribution < -0.4 is 15.5 Å². The molecule has 0 saturated carbocycles. The standard InChI is InChI=1S/C31H33F3N4O7/c1-18(2)16-44-30(42)38-13-12-24(28(40)37-45-29(41)31(32,33)34)26(15-38)36-27(39)20-8-10-22(11-9-20)43-17-21-14-19(3)35-25-7-5-4-6-23(21)25/h4-11,14,18,24,26H,12-13,15-17H2,1-3H3,(H,36,39)(H,37,40)/t24-,26+/m0/s1. The van der Waals surface area contributed by atoms with Gasteiger partial charge < -0.3 is 24.5 Å². The Kier molecular flexibility index (Phi) is 10.5. The minimum atomic E-state index is -5.31. The molecular weight excluding hydrogens is 597 g/mol. The molecule has 14 heteroatoms. The van der Waals surface area contributed by atoms with E-state index in [4.69, 9.17) is 9.47 Å². The van der Waals surface area contributed by atoms with E-state index >= 15 is 0 Å². The van der Waals surface area contributed by atoms with E-state index in [2.05, 4.69) is 15.1 Å². The summed E-state index contributed by atoms with van der Waals surface area (Å²) in [5, 5.41) is 3.64. The first-order chi connectivity index (χ1) is 21.3. The lowest BCUT2D eigenvalue weighted by Gasteiger charge is -2.37. The smallest absolute Gasteiger partial charge is 0.489 e. The third kappa shape index (κ3) is 8.83. The fourth-order valence-electron chi connectivity index (χ4n) is 4.77. The second-order valence-electron chi connectivity index (χ2n) is 11.0. The molecule has 2 N–H and O–H groups in total. The molecule has 2 aromatic carbocycles. The van der Waals surface area contributed by atoms with Crippen LogP contribution in [0.15, 0.2) is 54.6 Å². The van der Waals surface area contributed by atoms with E-state index < -0.39 is 42.0 Å². The fourth-order valence-corrected chi connectivity index (χ4v) is 4.77. The van der Waals surface area contributed by atoms with E-state index in [1.165, 1.54) is 22.5 Å². The zero-order valence-electron chi connectivity index (χ0n) is 24.8. The molecule has 4 rings (SSSR count). The van der Waals surface area contributed by atoms with Gasteiger partial charge in [0.25, 0.3) is 11.8 Å². The zero-order valence-corrected chi connectivity index (χ0v) is 24.8. The number of carbonyl (C=O) groups excluding carboxylic acids is 4. The molecule has 0 spiro atoms. The molecule has 1 aliphatic heterocycles. The second kappa shape index (κ2) is 14.3. The van der Waals surface area contributed by atoms with Crippen LogP contribution in [0, 0.1) is 18.8 Å². The average molecular weight is 631 g/mol. The number of nitrogens with zero attached hydrogens (tertiary/aromatic N) is 2. The van der Waals surface area contributed by atoms with Crippen molar-refractivity contribution in [1.29, 1.82) is 0 Å². The number of nitrogens with one attached hydrogen (secondary N) is 2. The average Bonchev–Trinajstić information content (AvgIpc) is 3.00. The third-order valence-electron chi connectivity index (χ3n) is 6.98. The van der Waals surface area contributed by atoms with Crippen molar-refractivity contribution in [2.45, 2.75) is 46.0 Å². The summed E-state index contributed by atoms with van der Waals surface area (Å²) in [5.41, 5.74) is 4.36. The van der Waals surface area contributed by atoms with Crippen LogP contribution in [0.3, 0.4) is 0 Å². The van der Waals surface area contributed by atoms with Crippen molar-refractivity contribution in [3.63, 3.8) is 0 Å². The molecule has 240 valence electrons. The van der Waals surface area contributed by atoms with Crippen molar-refractivity contribution in [2.75, 3.05) is 19.7 Å². The third-order valence-corrected chi connectivity index (χ3v) is 6.98. The SMILES string of the molecule is Cc1cc(COc2ccc(C(=O)N[C@@H]3CN(C(=O)OCC(C)C)CC[C@@H]3C(=O)NOC(=O)C(F)(F)F)cc2)c2ccccc2n1. The van der Waals surface area contributed by atoms with E-state index in [9.17, 15) is 32.3 Å². The summed E-state index contributed by atoms with van der Waals surface area (Å²) < 4.78 is 48.8. The van der Waals surface area contributed by atoms with Crippen LogP contribution in [0.2, 0.25) is 0 Å². The van der Waals surface area contributed by atoms with Gasteiger partial charge in [-0.15, -0.1) is 0 Å². The van der Waals surface area contributed by atoms with Crippen molar-refractivity contribution >= 4 is 34.8 Å². The van der Waals surface area contributed by atoms with Gasteiger partial charge in [-0.25, -0.2) is 9.59 Å². The number of fused-ring (bicyclic) bond motifs is 1. The number of likely N-dealkylation sites (tertiary alicyclic amines) is 1. The lowest BCUT2D eigenvalue weighted by Crippen LogP contribution is -2.58. The molecule has 0 unspecified atom stereocenters. The van der Waals surface area contributed by atoms with Crippen LogP contribution in [0.4, 0.5) is 18.0 Å². The number of benzene rings is 2. The molecule has 0 bridgehead atoms. The van der Waals surface area contributed by atoms with Gasteiger partial charge in [0.05, 0.1) is 24.1 Å². The summed E-state index contributed by atoms with van der Waals surface area (Å²) in [7, 11) is 0. The fraction of sp³-hybridized carbons (Fsp3) is 0.387. The summed E-state index contributed by atoms with van der Waals surface area (Å²) in [6, 6.07) is 14.8. The maximum absolute atomic E-state index is 13.2. The molecule has 2 atom stereocenters. The molecule has 3 amide bonds. The number of alkyl halides is 3. The Morgan fingerprint density at radius 3 is 2.47 bits per heavy atom. The molecule has 11 nitrogen and oxygen atoms in total. The molecule has 45 heavy (non-hydrogen) atoms. The van der Waals surface area contributed by atoms with E-state index in [-0.39, 0.29) is 44.2 Å². The predicted octanol–water partition coefficient (Wildman–Crippen LogP) is 4.47. The first kappa shape index (κ1) is 33.0. The van der Waals surface area contributed by atoms with Crippen molar-refractivity contribution in [1.82, 2.24) is 20.7 Å². The molecule has 1 aliphatic rings. The van der Waals surface area contributed by atoms with Crippen LogP contribution in [-0.4, -0.2) is 65.7 Å². The predicted molar refractivity (Wildman–Crippen MR) is 155 cm³/mol. The quantitative estimate of drug-likeness (QED) is 0.348. The maximum Gasteiger partial charge on any atom is 0.493 e. The lowest BCUT2D eigenvalue weighted by atomic mass is 9.90. The van der Waals surface area contributed by atoms with Crippen molar-refractivity contribution in [2.24, 2.45) is 11.8 Å². The highest BCUT2D eigenvalue weighted by atomic mass is 19.4. The minimum absolute atomic E-state index is 0.0208. The van der Waals surface area contributed by atoms with E-state index in [1.807, 2.05) is 51.1 Å². The number of ether oxygens (including phenoxy) is 2. The van der Waals surface area contributed by atoms with Crippen LogP contribution in [0.5, 0.6) is 5.75 Å². The Morgan fingerprint density at radius 2 is 1.78 bits per heavy atom. The first-order valence-electron chi connectivity index (χ1n) is 14.2. The van der Waals surface area contributed by atoms with Gasteiger partial charge in [0.15, 0.2) is 0 Å². The number of amides is 3. The van der Waals surface area contributed by atoms with Crippen LogP contribution in [0.1, 0.15) is 41.9 Å². The molecular formula is C31H33F3N4O7. The Bertz CT molecular complexity index is 1550. The first-order valence-corrected chi connectivity index (χ1v) is 14.2. The molecule has 0 radical (unpaired) electrons. The van der Waals surface area contributed by atoms with Gasteiger partial charge in [0.1, 0.15) is 12.4 Å². The number of aromatic nitrogens is 1. The van der Waals surface area contributed by atoms with Crippen LogP contribution in [-0.2, 0) is 25.8 Å². The van der Waals surface area contributed by atoms with E-state index in [0.717, 1.165) is 22.2 Å². The maximum atomic E-state index is 13.2. The Balaban J connectivity index is 1.43. The van der Waals surface area contributed by atoms with Crippen LogP contribution >= 0.6 is 0 Å². The van der Waals surface area contributed by atoms with Crippen molar-refractivity contribution in [3.8, 4) is 5.75 Å². The highest BCUT2D eigenvalue weighted by Crippen LogP contribution is 2.23. The summed E-state index contributed by atoms with van der Waals surface area (Å²) in [5.74, 6) is -4.83. The van der Waals surface area contributed by atoms with Gasteiger partial charge in [-0.05, 0) is 55.7 Å². The Labute approximate surface area is 257 Å². The Hall–Kier alpha value is -4.88. The van der Waals surface area contributed by atoms with Gasteiger partial charge in [-0.3, -0.25) is 14.6 Å². The number of hydrogen-bond acceptors (Lipinski definition) is 8. The Morgan fingerprint density at radius 1 is 1.07 bits per heavy atom. The molecule has 1 fully saturated rings. The topological polar surface area (TPSA) is 136 Å². The highest BCUT2D eigenvalue weighted by molar-refractivity contribution is 5.95. The number of piperidine rings is 1. The number of rotatable bonds is 8. The largest absolute Gasteiger partial charge is 0.493 e. The minimum Gasteiger partial charge on any atom is -0.489 e. The van der Waals surface area contributed by atoms with Gasteiger partial charge in [0, 0.05) is 35.3 Å². The summed E-state index contributed by atoms with van der Waals surface area (Å²) in [6.07, 6.45) is -6.03. The second-order valence-corrected chi connectivity index (χ2v) is 11.0. The molecule has 3 aromatic rings. The monoisotopic (exact) mass is 630 g/mol. The van der Waals surface area contributed by atoms with Crippen LogP contribution in [0.25, 0.3) is 10.9 Å². The normalized spacial score (nSPS) is 16.6. The molecule has 2 heterocycles. The summed E-state index contributed by atoms with van der Waals surface area (Å²) in [6.45, 7) is 5.86. The zero-order chi connectivity index (χ0) is 32.7. The summed E-state index contributed by atoms with van der Waals surface area (Å²) in [4.78, 5) is 59.3. The van der Waals surface area contributed by atoms with Gasteiger partial charge in [-0.1, -0.05) is 32.0 Å². The van der Waals surface area contributed by atoms with Crippen molar-refractivity contribution in [3.05, 3.63) is 71.4 Å². The summed E-state index contributed by atoms with van der Waals surface area (Å²) >= 11 is 0. The van der Waals surface area contributed by atoms with Crippen molar-refractivity contribution < 1.29 is 46.7 Å². The molecule has 1 saturated heterocycles. The van der Waals surface area contributed by atoms with E-state index in [0.29, 0.717) is 5.75 Å². The number of pyridine rings is 1. The highest BCUT2D eigenvalue weighted by Gasteiger charge is 2.43. The molecule has 0 aliphatic carbocycles. The number of hydrogen-bond donors (Lipinski definition) is 2. The van der Waals surface area contributed by atoms with Gasteiger partial charge >= 0.3 is 18.2 Å². The van der Waals surface area contributed by atoms with Gasteiger partial charge in [0.2, 0.25) is 0 Å². The van der Waals surface area contributed by atoms with Gasteiger partial charge in [-0.2, -0.15) is 18.7 Å². The molecule has 1 aromatic heterocycles. The number of hydroxylamine groups is 1. The van der Waals surface area contributed by atoms with E-state index in [1.54, 1.807) is 12.1 Å². The number of aryl methyl sites for hydroxylation is 1. The number of halogens is 3. The number of carbonyl (C=O) groups is 4. The number of para-hydroxylation sites is 1.